The van der Waals surface area contributed by atoms with E-state index in [0.29, 0.717) is 12.4 Å². The predicted molar refractivity (Wildman–Crippen MR) is 104 cm³/mol. The highest BCUT2D eigenvalue weighted by Crippen LogP contribution is 2.42. The Morgan fingerprint density at radius 1 is 1.07 bits per heavy atom. The van der Waals surface area contributed by atoms with E-state index < -0.39 is 5.60 Å². The Hall–Kier alpha value is -2.82. The summed E-state index contributed by atoms with van der Waals surface area (Å²) in [7, 11) is 0. The van der Waals surface area contributed by atoms with Crippen LogP contribution in [0, 0.1) is 13.8 Å². The third kappa shape index (κ3) is 2.60. The van der Waals surface area contributed by atoms with Crippen LogP contribution in [0.1, 0.15) is 40.7 Å². The zero-order chi connectivity index (χ0) is 18.6. The van der Waals surface area contributed by atoms with Gasteiger partial charge in [0.1, 0.15) is 16.9 Å². The van der Waals surface area contributed by atoms with Gasteiger partial charge in [-0.15, -0.1) is 0 Å². The van der Waals surface area contributed by atoms with Gasteiger partial charge < -0.3 is 14.1 Å². The highest BCUT2D eigenvalue weighted by Gasteiger charge is 2.44. The summed E-state index contributed by atoms with van der Waals surface area (Å²) in [5.74, 6) is 0.969. The van der Waals surface area contributed by atoms with Gasteiger partial charge >= 0.3 is 0 Å². The van der Waals surface area contributed by atoms with Gasteiger partial charge in [-0.1, -0.05) is 18.2 Å². The van der Waals surface area contributed by atoms with Crippen LogP contribution in [0.5, 0.6) is 5.75 Å². The van der Waals surface area contributed by atoms with E-state index in [1.54, 1.807) is 0 Å². The number of carbonyl (C=O) groups is 1. The molecule has 0 radical (unpaired) electrons. The second kappa shape index (κ2) is 5.84. The number of rotatable bonds is 1. The number of ether oxygens (including phenoxy) is 1. The summed E-state index contributed by atoms with van der Waals surface area (Å²) in [6.07, 6.45) is 2.01. The molecule has 27 heavy (non-hydrogen) atoms. The Balaban J connectivity index is 1.39. The van der Waals surface area contributed by atoms with Crippen LogP contribution in [0.15, 0.2) is 40.8 Å². The zero-order valence-electron chi connectivity index (χ0n) is 15.6. The number of aromatic nitrogens is 1. The molecule has 5 heteroatoms. The highest BCUT2D eigenvalue weighted by molar-refractivity contribution is 6.01. The van der Waals surface area contributed by atoms with Crippen molar-refractivity contribution in [1.82, 2.24) is 4.98 Å². The molecule has 1 spiro atoms. The first-order chi connectivity index (χ1) is 13.0. The van der Waals surface area contributed by atoms with Crippen molar-refractivity contribution in [3.8, 4) is 5.75 Å². The van der Waals surface area contributed by atoms with Crippen LogP contribution in [0.25, 0.3) is 11.1 Å². The average molecular weight is 362 g/mol. The summed E-state index contributed by atoms with van der Waals surface area (Å²) in [6.45, 7) is 5.62. The van der Waals surface area contributed by atoms with Crippen LogP contribution in [0.4, 0.5) is 6.01 Å². The van der Waals surface area contributed by atoms with Crippen LogP contribution >= 0.6 is 0 Å². The number of oxazole rings is 1. The quantitative estimate of drug-likeness (QED) is 0.640. The lowest BCUT2D eigenvalue weighted by Crippen LogP contribution is -2.51. The number of ketones is 1. The van der Waals surface area contributed by atoms with Crippen LogP contribution in [0.2, 0.25) is 0 Å². The van der Waals surface area contributed by atoms with Gasteiger partial charge in [-0.05, 0) is 43.2 Å². The first kappa shape index (κ1) is 16.4. The number of hydrogen-bond acceptors (Lipinski definition) is 5. The molecule has 0 bridgehead atoms. The summed E-state index contributed by atoms with van der Waals surface area (Å²) in [5.41, 5.74) is 4.22. The van der Waals surface area contributed by atoms with E-state index in [4.69, 9.17) is 9.15 Å². The molecule has 2 aromatic carbocycles. The number of nitrogens with zero attached hydrogens (tertiary/aromatic N) is 2. The fraction of sp³-hybridized carbons (Fsp3) is 0.364. The molecule has 5 rings (SSSR count). The van der Waals surface area contributed by atoms with Crippen molar-refractivity contribution in [1.29, 1.82) is 0 Å². The van der Waals surface area contributed by atoms with Crippen molar-refractivity contribution >= 4 is 22.9 Å². The van der Waals surface area contributed by atoms with E-state index in [9.17, 15) is 4.79 Å². The summed E-state index contributed by atoms with van der Waals surface area (Å²) in [6, 6.07) is 12.4. The van der Waals surface area contributed by atoms with Crippen molar-refractivity contribution in [3.63, 3.8) is 0 Å². The second-order valence-electron chi connectivity index (χ2n) is 7.72. The molecule has 0 aliphatic carbocycles. The lowest BCUT2D eigenvalue weighted by Gasteiger charge is -2.44. The zero-order valence-corrected chi connectivity index (χ0v) is 15.6. The van der Waals surface area contributed by atoms with Crippen LogP contribution in [-0.2, 0) is 0 Å². The van der Waals surface area contributed by atoms with E-state index in [-0.39, 0.29) is 5.78 Å². The number of hydrogen-bond donors (Lipinski definition) is 0. The smallest absolute Gasteiger partial charge is 0.298 e. The van der Waals surface area contributed by atoms with Crippen molar-refractivity contribution in [3.05, 3.63) is 53.1 Å². The van der Waals surface area contributed by atoms with Gasteiger partial charge in [-0.3, -0.25) is 4.79 Å². The van der Waals surface area contributed by atoms with E-state index >= 15 is 0 Å². The summed E-state index contributed by atoms with van der Waals surface area (Å²) in [5, 5.41) is 0. The number of benzene rings is 2. The second-order valence-corrected chi connectivity index (χ2v) is 7.72. The van der Waals surface area contributed by atoms with E-state index in [2.05, 4.69) is 16.8 Å². The third-order valence-corrected chi connectivity index (χ3v) is 6.01. The molecule has 1 aromatic heterocycles. The monoisotopic (exact) mass is 362 g/mol. The van der Waals surface area contributed by atoms with E-state index in [0.717, 1.165) is 59.5 Å². The van der Waals surface area contributed by atoms with E-state index in [1.807, 2.05) is 43.3 Å². The Labute approximate surface area is 157 Å². The number of aryl methyl sites for hydroxylation is 1. The molecule has 3 aromatic rings. The predicted octanol–water partition coefficient (Wildman–Crippen LogP) is 4.45. The minimum Gasteiger partial charge on any atom is -0.486 e. The molecule has 2 aliphatic rings. The molecular weight excluding hydrogens is 340 g/mol. The van der Waals surface area contributed by atoms with Gasteiger partial charge in [-0.25, -0.2) is 0 Å². The largest absolute Gasteiger partial charge is 0.486 e. The lowest BCUT2D eigenvalue weighted by molar-refractivity contribution is 0.0220. The lowest BCUT2D eigenvalue weighted by atomic mass is 9.81. The molecule has 1 saturated heterocycles. The average Bonchev–Trinajstić information content (AvgIpc) is 3.10. The van der Waals surface area contributed by atoms with Gasteiger partial charge in [0, 0.05) is 25.9 Å². The fourth-order valence-electron chi connectivity index (χ4n) is 4.16. The topological polar surface area (TPSA) is 55.6 Å². The number of piperidine rings is 1. The maximum atomic E-state index is 12.8. The van der Waals surface area contributed by atoms with Crippen LogP contribution < -0.4 is 9.64 Å². The Morgan fingerprint density at radius 2 is 1.85 bits per heavy atom. The molecule has 0 amide bonds. The number of fused-ring (bicyclic) bond motifs is 2. The Kier molecular flexibility index (Phi) is 3.54. The molecule has 0 unspecified atom stereocenters. The molecule has 0 N–H and O–H groups in total. The van der Waals surface area contributed by atoms with Gasteiger partial charge in [0.25, 0.3) is 6.01 Å². The Bertz CT molecular complexity index is 1010. The van der Waals surface area contributed by atoms with Gasteiger partial charge in [0.15, 0.2) is 11.4 Å². The van der Waals surface area contributed by atoms with Crippen LogP contribution in [-0.4, -0.2) is 29.5 Å². The highest BCUT2D eigenvalue weighted by atomic mass is 16.5. The maximum Gasteiger partial charge on any atom is 0.298 e. The van der Waals surface area contributed by atoms with Crippen molar-refractivity contribution in [2.24, 2.45) is 0 Å². The standard InChI is InChI=1S/C22H22N2O3/c1-14-7-8-16-18(25)13-22(27-20(16)15(14)2)9-11-24(12-10-22)21-23-17-5-3-4-6-19(17)26-21/h3-8H,9-13H2,1-2H3. The maximum absolute atomic E-state index is 12.8. The molecular formula is C22H22N2O3. The summed E-state index contributed by atoms with van der Waals surface area (Å²) < 4.78 is 12.4. The molecule has 5 nitrogen and oxygen atoms in total. The van der Waals surface area contributed by atoms with Crippen molar-refractivity contribution in [2.75, 3.05) is 18.0 Å². The number of carbonyl (C=O) groups excluding carboxylic acids is 1. The van der Waals surface area contributed by atoms with Gasteiger partial charge in [-0.2, -0.15) is 4.98 Å². The fourth-order valence-corrected chi connectivity index (χ4v) is 4.16. The van der Waals surface area contributed by atoms with Gasteiger partial charge in [0.2, 0.25) is 0 Å². The minimum atomic E-state index is -0.412. The molecule has 0 saturated carbocycles. The molecule has 2 aliphatic heterocycles. The summed E-state index contributed by atoms with van der Waals surface area (Å²) >= 11 is 0. The van der Waals surface area contributed by atoms with Gasteiger partial charge in [0.05, 0.1) is 12.0 Å². The number of anilines is 1. The number of Topliss-reactive ketones (excluding diaryl/α,β-unsaturated/α-hetero) is 1. The molecule has 138 valence electrons. The van der Waals surface area contributed by atoms with E-state index in [1.165, 1.54) is 0 Å². The molecule has 1 fully saturated rings. The molecule has 0 atom stereocenters. The summed E-state index contributed by atoms with van der Waals surface area (Å²) in [4.78, 5) is 19.5. The van der Waals surface area contributed by atoms with Crippen molar-refractivity contribution in [2.45, 2.75) is 38.7 Å². The SMILES string of the molecule is Cc1ccc2c(c1C)OC1(CCN(c3nc4ccccc4o3)CC1)CC2=O. The number of para-hydroxylation sites is 2. The first-order valence-corrected chi connectivity index (χ1v) is 9.48. The minimum absolute atomic E-state index is 0.190. The van der Waals surface area contributed by atoms with Crippen molar-refractivity contribution < 1.29 is 13.9 Å². The van der Waals surface area contributed by atoms with Crippen LogP contribution in [0.3, 0.4) is 0 Å². The Morgan fingerprint density at radius 3 is 2.63 bits per heavy atom. The third-order valence-electron chi connectivity index (χ3n) is 6.01. The first-order valence-electron chi connectivity index (χ1n) is 9.48. The normalized spacial score (nSPS) is 18.6. The molecule has 3 heterocycles.